The van der Waals surface area contributed by atoms with Gasteiger partial charge in [-0.1, -0.05) is 31.1 Å². The van der Waals surface area contributed by atoms with E-state index in [0.29, 0.717) is 5.92 Å². The first kappa shape index (κ1) is 22.1. The molecular formula is C24H36O5. The van der Waals surface area contributed by atoms with Crippen LogP contribution in [0.2, 0.25) is 0 Å². The van der Waals surface area contributed by atoms with Crippen LogP contribution in [0.4, 0.5) is 0 Å². The summed E-state index contributed by atoms with van der Waals surface area (Å²) in [6, 6.07) is 0. The standard InChI is InChI=1S/C24H36O5/c1-13(2)20-19(27-16(5)25)12-15(4)21-18-11-14(3)9-8-10-24(7,29-17(6)26)23(28-18)22(20)21/h9,12-13,18-23H,8,10-11H2,1-7H3/b14-9+/t18-,19-,20+,21-,22-,23-,24-/m1/s1. The minimum Gasteiger partial charge on any atom is -0.458 e. The van der Waals surface area contributed by atoms with Crippen molar-refractivity contribution in [2.45, 2.75) is 91.6 Å². The highest BCUT2D eigenvalue weighted by molar-refractivity contribution is 5.67. The molecule has 0 unspecified atom stereocenters. The van der Waals surface area contributed by atoms with Crippen molar-refractivity contribution in [1.29, 1.82) is 0 Å². The van der Waals surface area contributed by atoms with Gasteiger partial charge in [-0.2, -0.15) is 0 Å². The second kappa shape index (κ2) is 8.25. The van der Waals surface area contributed by atoms with Crippen molar-refractivity contribution in [3.8, 4) is 0 Å². The van der Waals surface area contributed by atoms with Crippen molar-refractivity contribution in [3.63, 3.8) is 0 Å². The number of carbonyl (C=O) groups excluding carboxylic acids is 2. The van der Waals surface area contributed by atoms with Gasteiger partial charge in [0, 0.05) is 31.6 Å². The minimum atomic E-state index is -0.712. The maximum atomic E-state index is 12.0. The Morgan fingerprint density at radius 3 is 2.48 bits per heavy atom. The van der Waals surface area contributed by atoms with E-state index in [-0.39, 0.29) is 48.0 Å². The molecule has 29 heavy (non-hydrogen) atoms. The molecule has 3 aliphatic rings. The first-order valence-electron chi connectivity index (χ1n) is 10.9. The minimum absolute atomic E-state index is 0.0463. The Balaban J connectivity index is 2.12. The Morgan fingerprint density at radius 2 is 1.90 bits per heavy atom. The molecule has 0 aromatic carbocycles. The molecule has 2 bridgehead atoms. The average molecular weight is 405 g/mol. The summed E-state index contributed by atoms with van der Waals surface area (Å²) in [4.78, 5) is 23.8. The molecule has 0 spiro atoms. The lowest BCUT2D eigenvalue weighted by molar-refractivity contribution is -0.180. The van der Waals surface area contributed by atoms with E-state index in [4.69, 9.17) is 14.2 Å². The molecule has 7 atom stereocenters. The summed E-state index contributed by atoms with van der Waals surface area (Å²) in [6.45, 7) is 13.6. The predicted octanol–water partition coefficient (Wildman–Crippen LogP) is 4.60. The lowest BCUT2D eigenvalue weighted by atomic mass is 9.62. The van der Waals surface area contributed by atoms with Crippen LogP contribution in [0.5, 0.6) is 0 Å². The third-order valence-corrected chi connectivity index (χ3v) is 6.97. The van der Waals surface area contributed by atoms with E-state index in [0.717, 1.165) is 19.3 Å². The molecule has 0 N–H and O–H groups in total. The average Bonchev–Trinajstić information content (AvgIpc) is 2.94. The zero-order valence-electron chi connectivity index (χ0n) is 18.9. The summed E-state index contributed by atoms with van der Waals surface area (Å²) in [5.74, 6) is 0.220. The number of allylic oxidation sites excluding steroid dienone is 1. The second-order valence-electron chi connectivity index (χ2n) is 9.70. The molecule has 0 radical (unpaired) electrons. The summed E-state index contributed by atoms with van der Waals surface area (Å²) in [5.41, 5.74) is 1.82. The van der Waals surface area contributed by atoms with Gasteiger partial charge in [0.2, 0.25) is 0 Å². The molecule has 0 aromatic rings. The summed E-state index contributed by atoms with van der Waals surface area (Å²) in [6.07, 6.45) is 6.37. The van der Waals surface area contributed by atoms with Gasteiger partial charge in [-0.15, -0.1) is 0 Å². The molecule has 1 saturated heterocycles. The summed E-state index contributed by atoms with van der Waals surface area (Å²) in [7, 11) is 0. The smallest absolute Gasteiger partial charge is 0.303 e. The highest BCUT2D eigenvalue weighted by Gasteiger charge is 2.59. The van der Waals surface area contributed by atoms with Gasteiger partial charge in [-0.3, -0.25) is 9.59 Å². The van der Waals surface area contributed by atoms with Gasteiger partial charge in [0.25, 0.3) is 0 Å². The Bertz CT molecular complexity index is 721. The Labute approximate surface area is 174 Å². The fourth-order valence-corrected chi connectivity index (χ4v) is 5.98. The third kappa shape index (κ3) is 4.30. The number of carbonyl (C=O) groups is 2. The molecule has 0 amide bonds. The maximum Gasteiger partial charge on any atom is 0.303 e. The fourth-order valence-electron chi connectivity index (χ4n) is 5.98. The maximum absolute atomic E-state index is 12.0. The van der Waals surface area contributed by atoms with Crippen molar-refractivity contribution in [3.05, 3.63) is 23.3 Å². The van der Waals surface area contributed by atoms with E-state index in [1.54, 1.807) is 0 Å². The molecule has 162 valence electrons. The highest BCUT2D eigenvalue weighted by Crippen LogP contribution is 2.54. The van der Waals surface area contributed by atoms with Gasteiger partial charge in [-0.25, -0.2) is 0 Å². The van der Waals surface area contributed by atoms with E-state index < -0.39 is 5.60 Å². The lowest BCUT2D eigenvalue weighted by Crippen LogP contribution is -2.52. The summed E-state index contributed by atoms with van der Waals surface area (Å²) < 4.78 is 18.4. The van der Waals surface area contributed by atoms with Crippen LogP contribution in [0.3, 0.4) is 0 Å². The Morgan fingerprint density at radius 1 is 1.21 bits per heavy atom. The first-order chi connectivity index (χ1) is 13.5. The van der Waals surface area contributed by atoms with Crippen LogP contribution in [0.25, 0.3) is 0 Å². The van der Waals surface area contributed by atoms with Crippen molar-refractivity contribution in [2.75, 3.05) is 0 Å². The number of esters is 2. The van der Waals surface area contributed by atoms with Crippen LogP contribution in [0.15, 0.2) is 23.3 Å². The first-order valence-corrected chi connectivity index (χ1v) is 10.9. The van der Waals surface area contributed by atoms with Gasteiger partial charge in [0.1, 0.15) is 17.8 Å². The number of ether oxygens (including phenoxy) is 3. The van der Waals surface area contributed by atoms with Crippen molar-refractivity contribution in [2.24, 2.45) is 23.7 Å². The second-order valence-corrected chi connectivity index (χ2v) is 9.70. The van der Waals surface area contributed by atoms with Crippen LogP contribution in [-0.4, -0.2) is 35.9 Å². The molecule has 0 aromatic heterocycles. The van der Waals surface area contributed by atoms with E-state index in [1.165, 1.54) is 25.0 Å². The van der Waals surface area contributed by atoms with Gasteiger partial charge in [0.15, 0.2) is 0 Å². The Hall–Kier alpha value is -1.62. The van der Waals surface area contributed by atoms with Gasteiger partial charge < -0.3 is 14.2 Å². The van der Waals surface area contributed by atoms with E-state index in [9.17, 15) is 9.59 Å². The van der Waals surface area contributed by atoms with Crippen molar-refractivity contribution < 1.29 is 23.8 Å². The van der Waals surface area contributed by atoms with Crippen LogP contribution in [-0.2, 0) is 23.8 Å². The van der Waals surface area contributed by atoms with Gasteiger partial charge in [-0.05, 0) is 52.0 Å². The largest absolute Gasteiger partial charge is 0.458 e. The van der Waals surface area contributed by atoms with E-state index >= 15 is 0 Å². The van der Waals surface area contributed by atoms with Gasteiger partial charge in [0.05, 0.1) is 6.10 Å². The Kier molecular flexibility index (Phi) is 6.28. The number of hydrogen-bond acceptors (Lipinski definition) is 5. The summed E-state index contributed by atoms with van der Waals surface area (Å²) >= 11 is 0. The van der Waals surface area contributed by atoms with Crippen LogP contribution in [0, 0.1) is 23.7 Å². The summed E-state index contributed by atoms with van der Waals surface area (Å²) in [5, 5.41) is 0. The van der Waals surface area contributed by atoms with Crippen LogP contribution < -0.4 is 0 Å². The zero-order valence-corrected chi connectivity index (χ0v) is 18.9. The van der Waals surface area contributed by atoms with E-state index in [1.807, 2.05) is 6.92 Å². The van der Waals surface area contributed by atoms with Crippen LogP contribution >= 0.6 is 0 Å². The molecule has 5 heteroatoms. The molecule has 0 saturated carbocycles. The highest BCUT2D eigenvalue weighted by atomic mass is 16.6. The third-order valence-electron chi connectivity index (χ3n) is 6.97. The van der Waals surface area contributed by atoms with Crippen molar-refractivity contribution >= 4 is 11.9 Å². The molecule has 1 aliphatic carbocycles. The van der Waals surface area contributed by atoms with Gasteiger partial charge >= 0.3 is 11.9 Å². The normalized spacial score (nSPS) is 41.2. The molecule has 5 nitrogen and oxygen atoms in total. The predicted molar refractivity (Wildman–Crippen MR) is 111 cm³/mol. The molecule has 3 rings (SSSR count). The monoisotopic (exact) mass is 404 g/mol. The molecular weight excluding hydrogens is 368 g/mol. The zero-order chi connectivity index (χ0) is 21.5. The molecule has 2 aliphatic heterocycles. The number of rotatable bonds is 3. The quantitative estimate of drug-likeness (QED) is 0.508. The SMILES string of the molecule is CC(=O)O[C@@H]1C=C(C)[C@H]2[C@@H]([C@H]1C(C)C)[C@H]1O[C@@H]2C/C(C)=C/CC[C@@]1(C)OC(C)=O. The van der Waals surface area contributed by atoms with Crippen LogP contribution in [0.1, 0.15) is 67.7 Å². The number of hydrogen-bond donors (Lipinski definition) is 0. The fraction of sp³-hybridized carbons (Fsp3) is 0.750. The molecule has 1 fully saturated rings. The number of fused-ring (bicyclic) bond motifs is 5. The molecule has 2 heterocycles. The van der Waals surface area contributed by atoms with Crippen molar-refractivity contribution in [1.82, 2.24) is 0 Å². The topological polar surface area (TPSA) is 61.8 Å². The van der Waals surface area contributed by atoms with E-state index in [2.05, 4.69) is 39.8 Å². The lowest BCUT2D eigenvalue weighted by Gasteiger charge is -2.46.